The second kappa shape index (κ2) is 7.48. The molecule has 0 bridgehead atoms. The fourth-order valence-electron chi connectivity index (χ4n) is 1.26. The van der Waals surface area contributed by atoms with E-state index in [1.165, 1.54) is 0 Å². The molecule has 0 aromatic heterocycles. The number of carboxylic acid groups (broad SMARTS) is 1. The van der Waals surface area contributed by atoms with Gasteiger partial charge in [-0.15, -0.1) is 13.2 Å². The highest BCUT2D eigenvalue weighted by atomic mass is 19.4. The Morgan fingerprint density at radius 3 is 2.38 bits per heavy atom. The van der Waals surface area contributed by atoms with Gasteiger partial charge in [0.2, 0.25) is 0 Å². The number of alkyl carbamates (subject to hydrolysis) is 1. The van der Waals surface area contributed by atoms with Crippen LogP contribution in [0.1, 0.15) is 5.56 Å². The summed E-state index contributed by atoms with van der Waals surface area (Å²) in [5, 5.41) is 10.5. The Hall–Kier alpha value is -2.29. The zero-order valence-electron chi connectivity index (χ0n) is 10.6. The monoisotopic (exact) mass is 307 g/mol. The molecule has 0 aliphatic rings. The molecule has 0 saturated heterocycles. The molecule has 1 aromatic rings. The lowest BCUT2D eigenvalue weighted by Gasteiger charge is -2.15. The number of carboxylic acids is 1. The van der Waals surface area contributed by atoms with Gasteiger partial charge in [-0.2, -0.15) is 0 Å². The number of hydrogen-bond acceptors (Lipinski definition) is 4. The fraction of sp³-hybridized carbons (Fsp3) is 0.333. The average Bonchev–Trinajstić information content (AvgIpc) is 2.41. The number of carbonyl (C=O) groups excluding carboxylic acids is 1. The number of rotatable bonds is 6. The first-order chi connectivity index (χ1) is 9.78. The lowest BCUT2D eigenvalue weighted by molar-refractivity contribution is -0.325. The lowest BCUT2D eigenvalue weighted by Crippen LogP contribution is -2.45. The molecule has 1 amide bonds. The van der Waals surface area contributed by atoms with Gasteiger partial charge in [0.1, 0.15) is 6.61 Å². The molecule has 21 heavy (non-hydrogen) atoms. The van der Waals surface area contributed by atoms with Gasteiger partial charge in [0.05, 0.1) is 6.61 Å². The minimum Gasteiger partial charge on any atom is -0.480 e. The minimum absolute atomic E-state index is 0.140. The summed E-state index contributed by atoms with van der Waals surface area (Å²) < 4.78 is 43.5. The average molecular weight is 307 g/mol. The van der Waals surface area contributed by atoms with Crippen LogP contribution < -0.4 is 5.32 Å². The van der Waals surface area contributed by atoms with E-state index in [1.54, 1.807) is 35.6 Å². The molecular weight excluding hydrogens is 295 g/mol. The number of carbonyl (C=O) groups is 2. The van der Waals surface area contributed by atoms with Gasteiger partial charge in [0.25, 0.3) is 0 Å². The summed E-state index contributed by atoms with van der Waals surface area (Å²) >= 11 is 0. The molecule has 0 aliphatic heterocycles. The van der Waals surface area contributed by atoms with E-state index in [-0.39, 0.29) is 6.61 Å². The third kappa shape index (κ3) is 7.16. The van der Waals surface area contributed by atoms with Crippen molar-refractivity contribution in [2.75, 3.05) is 6.61 Å². The van der Waals surface area contributed by atoms with Crippen LogP contribution in [0.25, 0.3) is 0 Å². The second-order valence-corrected chi connectivity index (χ2v) is 3.85. The molecule has 0 fully saturated rings. The lowest BCUT2D eigenvalue weighted by atomic mass is 10.2. The molecule has 6 nitrogen and oxygen atoms in total. The summed E-state index contributed by atoms with van der Waals surface area (Å²) in [6.07, 6.45) is -6.14. The van der Waals surface area contributed by atoms with Crippen LogP contribution in [-0.2, 0) is 20.9 Å². The van der Waals surface area contributed by atoms with Gasteiger partial charge < -0.3 is 15.2 Å². The number of nitrogens with one attached hydrogen (secondary N) is 1. The number of amides is 1. The molecular formula is C12H12F3NO5. The van der Waals surface area contributed by atoms with Crippen LogP contribution in [0.15, 0.2) is 30.3 Å². The van der Waals surface area contributed by atoms with Crippen molar-refractivity contribution in [1.29, 1.82) is 0 Å². The van der Waals surface area contributed by atoms with Crippen LogP contribution in [0.2, 0.25) is 0 Å². The van der Waals surface area contributed by atoms with Gasteiger partial charge in [0, 0.05) is 0 Å². The van der Waals surface area contributed by atoms with E-state index in [1.807, 2.05) is 0 Å². The van der Waals surface area contributed by atoms with Crippen LogP contribution >= 0.6 is 0 Å². The number of ether oxygens (including phenoxy) is 2. The number of halogens is 3. The molecule has 1 atom stereocenters. The predicted molar refractivity (Wildman–Crippen MR) is 63.2 cm³/mol. The quantitative estimate of drug-likeness (QED) is 0.838. The van der Waals surface area contributed by atoms with Gasteiger partial charge in [-0.1, -0.05) is 30.3 Å². The van der Waals surface area contributed by atoms with E-state index in [9.17, 15) is 22.8 Å². The standard InChI is InChI=1S/C12H12F3NO5/c13-12(14,15)21-7-9(10(17)18)16-11(19)20-6-8-4-2-1-3-5-8/h1-5,9H,6-7H2,(H,16,19)(H,17,18)/t9-/m1/s1. The van der Waals surface area contributed by atoms with E-state index in [0.29, 0.717) is 5.56 Å². The molecule has 0 spiro atoms. The predicted octanol–water partition coefficient (Wildman–Crippen LogP) is 1.90. The third-order valence-corrected chi connectivity index (χ3v) is 2.22. The van der Waals surface area contributed by atoms with Gasteiger partial charge in [-0.25, -0.2) is 9.59 Å². The molecule has 1 aromatic carbocycles. The van der Waals surface area contributed by atoms with Crippen molar-refractivity contribution < 1.29 is 37.3 Å². The number of alkyl halides is 3. The highest BCUT2D eigenvalue weighted by Crippen LogP contribution is 2.16. The summed E-state index contributed by atoms with van der Waals surface area (Å²) in [5.74, 6) is -1.67. The Kier molecular flexibility index (Phi) is 5.97. The smallest absolute Gasteiger partial charge is 0.480 e. The van der Waals surface area contributed by atoms with Crippen LogP contribution in [0.4, 0.5) is 18.0 Å². The largest absolute Gasteiger partial charge is 0.522 e. The molecule has 0 aliphatic carbocycles. The van der Waals surface area contributed by atoms with Crippen LogP contribution in [0.3, 0.4) is 0 Å². The van der Waals surface area contributed by atoms with E-state index in [2.05, 4.69) is 4.74 Å². The summed E-state index contributed by atoms with van der Waals surface area (Å²) in [4.78, 5) is 22.0. The maximum Gasteiger partial charge on any atom is 0.522 e. The normalized spacial score (nSPS) is 12.5. The zero-order chi connectivity index (χ0) is 15.9. The van der Waals surface area contributed by atoms with Crippen molar-refractivity contribution in [2.45, 2.75) is 19.0 Å². The van der Waals surface area contributed by atoms with Crippen molar-refractivity contribution in [3.8, 4) is 0 Å². The Labute approximate surface area is 117 Å². The Bertz CT molecular complexity index is 478. The van der Waals surface area contributed by atoms with Gasteiger partial charge in [-0.05, 0) is 5.56 Å². The molecule has 116 valence electrons. The molecule has 0 saturated carbocycles. The van der Waals surface area contributed by atoms with Crippen molar-refractivity contribution in [1.82, 2.24) is 5.32 Å². The Morgan fingerprint density at radius 1 is 1.24 bits per heavy atom. The summed E-state index contributed by atoms with van der Waals surface area (Å²) in [5.41, 5.74) is 0.645. The molecule has 0 radical (unpaired) electrons. The molecule has 9 heteroatoms. The zero-order valence-corrected chi connectivity index (χ0v) is 10.6. The second-order valence-electron chi connectivity index (χ2n) is 3.85. The fourth-order valence-corrected chi connectivity index (χ4v) is 1.26. The number of aliphatic carboxylic acids is 1. The SMILES string of the molecule is O=C(N[C@H](COC(F)(F)F)C(=O)O)OCc1ccccc1. The molecule has 0 unspecified atom stereocenters. The first-order valence-corrected chi connectivity index (χ1v) is 5.68. The summed E-state index contributed by atoms with van der Waals surface area (Å²) in [6, 6.07) is 6.61. The van der Waals surface area contributed by atoms with E-state index in [0.717, 1.165) is 0 Å². The first-order valence-electron chi connectivity index (χ1n) is 5.68. The Morgan fingerprint density at radius 2 is 1.86 bits per heavy atom. The van der Waals surface area contributed by atoms with Gasteiger partial charge >= 0.3 is 18.4 Å². The third-order valence-electron chi connectivity index (χ3n) is 2.22. The van der Waals surface area contributed by atoms with Crippen molar-refractivity contribution in [2.24, 2.45) is 0 Å². The van der Waals surface area contributed by atoms with Crippen LogP contribution in [0.5, 0.6) is 0 Å². The Balaban J connectivity index is 2.43. The van der Waals surface area contributed by atoms with E-state index in [4.69, 9.17) is 9.84 Å². The number of hydrogen-bond donors (Lipinski definition) is 2. The molecule has 0 heterocycles. The van der Waals surface area contributed by atoms with Gasteiger partial charge in [-0.3, -0.25) is 4.74 Å². The van der Waals surface area contributed by atoms with E-state index < -0.39 is 31.1 Å². The topological polar surface area (TPSA) is 84.9 Å². The molecule has 2 N–H and O–H groups in total. The van der Waals surface area contributed by atoms with Crippen LogP contribution in [0, 0.1) is 0 Å². The van der Waals surface area contributed by atoms with Crippen molar-refractivity contribution in [3.05, 3.63) is 35.9 Å². The van der Waals surface area contributed by atoms with Gasteiger partial charge in [0.15, 0.2) is 6.04 Å². The maximum atomic E-state index is 11.8. The first kappa shape index (κ1) is 16.8. The summed E-state index contributed by atoms with van der Waals surface area (Å²) in [7, 11) is 0. The maximum absolute atomic E-state index is 11.8. The number of benzene rings is 1. The van der Waals surface area contributed by atoms with Crippen LogP contribution in [-0.4, -0.2) is 36.2 Å². The summed E-state index contributed by atoms with van der Waals surface area (Å²) in [6.45, 7) is -1.39. The highest BCUT2D eigenvalue weighted by Gasteiger charge is 2.33. The molecule has 1 rings (SSSR count). The van der Waals surface area contributed by atoms with E-state index >= 15 is 0 Å². The van der Waals surface area contributed by atoms with Crippen molar-refractivity contribution in [3.63, 3.8) is 0 Å². The van der Waals surface area contributed by atoms with Crippen molar-refractivity contribution >= 4 is 12.1 Å². The minimum atomic E-state index is -4.98. The highest BCUT2D eigenvalue weighted by molar-refractivity contribution is 5.80.